The number of nitrogens with zero attached hydrogens (tertiary/aromatic N) is 2. The summed E-state index contributed by atoms with van der Waals surface area (Å²) < 4.78 is 5.12. The zero-order valence-corrected chi connectivity index (χ0v) is 16.8. The number of hydrogen-bond donors (Lipinski definition) is 2. The van der Waals surface area contributed by atoms with Crippen LogP contribution >= 0.6 is 22.7 Å². The van der Waals surface area contributed by atoms with Gasteiger partial charge >= 0.3 is 5.97 Å². The van der Waals surface area contributed by atoms with Gasteiger partial charge in [-0.25, -0.2) is 0 Å². The zero-order chi connectivity index (χ0) is 19.9. The number of anilines is 1. The molecular formula is C19H19N3O4S2. The topological polar surface area (TPSA) is 101 Å². The van der Waals surface area contributed by atoms with Gasteiger partial charge in [0.1, 0.15) is 10.8 Å². The maximum Gasteiger partial charge on any atom is 0.303 e. The zero-order valence-electron chi connectivity index (χ0n) is 15.1. The van der Waals surface area contributed by atoms with Crippen LogP contribution in [0.25, 0.3) is 0 Å². The van der Waals surface area contributed by atoms with Crippen molar-refractivity contribution in [1.82, 2.24) is 10.2 Å². The van der Waals surface area contributed by atoms with Crippen molar-refractivity contribution in [2.45, 2.75) is 25.2 Å². The third-order valence-electron chi connectivity index (χ3n) is 4.06. The molecule has 1 atom stereocenters. The van der Waals surface area contributed by atoms with Gasteiger partial charge < -0.3 is 15.2 Å². The molecule has 0 fully saturated rings. The minimum absolute atomic E-state index is 0.0401. The van der Waals surface area contributed by atoms with Gasteiger partial charge in [0.05, 0.1) is 13.5 Å². The van der Waals surface area contributed by atoms with Crippen molar-refractivity contribution in [2.75, 3.05) is 12.4 Å². The van der Waals surface area contributed by atoms with Gasteiger partial charge in [0, 0.05) is 23.6 Å². The second-order valence-electron chi connectivity index (χ2n) is 6.08. The van der Waals surface area contributed by atoms with Crippen molar-refractivity contribution in [2.24, 2.45) is 0 Å². The number of carbonyl (C=O) groups is 2. The maximum absolute atomic E-state index is 12.4. The van der Waals surface area contributed by atoms with Gasteiger partial charge in [-0.2, -0.15) is 0 Å². The van der Waals surface area contributed by atoms with E-state index in [1.807, 2.05) is 17.5 Å². The Kier molecular flexibility index (Phi) is 6.72. The average Bonchev–Trinajstić information content (AvgIpc) is 3.33. The number of aromatic nitrogens is 2. The Bertz CT molecular complexity index is 923. The third-order valence-corrected chi connectivity index (χ3v) is 5.77. The van der Waals surface area contributed by atoms with E-state index in [0.29, 0.717) is 17.3 Å². The number of methoxy groups -OCH3 is 1. The molecule has 0 spiro atoms. The highest BCUT2D eigenvalue weighted by Crippen LogP contribution is 2.27. The molecule has 2 heterocycles. The molecular weight excluding hydrogens is 398 g/mol. The van der Waals surface area contributed by atoms with E-state index >= 15 is 0 Å². The Morgan fingerprint density at radius 2 is 1.96 bits per heavy atom. The van der Waals surface area contributed by atoms with E-state index in [1.165, 1.54) is 16.2 Å². The molecule has 2 N–H and O–H groups in total. The molecule has 0 bridgehead atoms. The van der Waals surface area contributed by atoms with Crippen LogP contribution in [0, 0.1) is 0 Å². The van der Waals surface area contributed by atoms with Gasteiger partial charge in [-0.3, -0.25) is 9.59 Å². The molecule has 0 aliphatic rings. The normalized spacial score (nSPS) is 11.8. The summed E-state index contributed by atoms with van der Waals surface area (Å²) in [6.45, 7) is 0. The monoisotopic (exact) mass is 417 g/mol. The lowest BCUT2D eigenvalue weighted by molar-refractivity contribution is -0.137. The lowest BCUT2D eigenvalue weighted by atomic mass is 9.92. The van der Waals surface area contributed by atoms with E-state index in [-0.39, 0.29) is 18.7 Å². The first-order valence-corrected chi connectivity index (χ1v) is 10.2. The molecule has 0 radical (unpaired) electrons. The van der Waals surface area contributed by atoms with Crippen LogP contribution in [0.15, 0.2) is 41.8 Å². The molecule has 0 aliphatic heterocycles. The maximum atomic E-state index is 12.4. The number of nitrogens with one attached hydrogen (secondary N) is 1. The number of aliphatic carboxylic acids is 1. The summed E-state index contributed by atoms with van der Waals surface area (Å²) >= 11 is 2.96. The molecule has 2 aromatic heterocycles. The number of thiophene rings is 1. The van der Waals surface area contributed by atoms with Gasteiger partial charge in [0.25, 0.3) is 0 Å². The van der Waals surface area contributed by atoms with Crippen molar-refractivity contribution in [1.29, 1.82) is 0 Å². The predicted octanol–water partition coefficient (Wildman–Crippen LogP) is 3.79. The molecule has 146 valence electrons. The fourth-order valence-electron chi connectivity index (χ4n) is 2.73. The minimum Gasteiger partial charge on any atom is -0.497 e. The Hall–Kier alpha value is -2.78. The fraction of sp³-hybridized carbons (Fsp3) is 0.263. The third kappa shape index (κ3) is 5.61. The highest BCUT2D eigenvalue weighted by Gasteiger charge is 2.20. The summed E-state index contributed by atoms with van der Waals surface area (Å²) in [4.78, 5) is 24.8. The van der Waals surface area contributed by atoms with Crippen molar-refractivity contribution in [3.63, 3.8) is 0 Å². The quantitative estimate of drug-likeness (QED) is 0.549. The van der Waals surface area contributed by atoms with Gasteiger partial charge in [-0.1, -0.05) is 29.5 Å². The number of hydrogen-bond acceptors (Lipinski definition) is 7. The van der Waals surface area contributed by atoms with E-state index in [0.717, 1.165) is 10.6 Å². The summed E-state index contributed by atoms with van der Waals surface area (Å²) in [6.07, 6.45) is 0.580. The van der Waals surface area contributed by atoms with E-state index < -0.39 is 11.9 Å². The van der Waals surface area contributed by atoms with Crippen LogP contribution in [-0.2, 0) is 16.0 Å². The molecule has 1 unspecified atom stereocenters. The van der Waals surface area contributed by atoms with Crippen LogP contribution in [0.4, 0.5) is 5.13 Å². The van der Waals surface area contributed by atoms with Gasteiger partial charge in [-0.05, 0) is 29.1 Å². The smallest absolute Gasteiger partial charge is 0.303 e. The number of carboxylic acid groups (broad SMARTS) is 1. The van der Waals surface area contributed by atoms with Crippen LogP contribution in [0.2, 0.25) is 0 Å². The summed E-state index contributed by atoms with van der Waals surface area (Å²) in [5.41, 5.74) is 0.772. The first-order chi connectivity index (χ1) is 13.5. The van der Waals surface area contributed by atoms with E-state index in [9.17, 15) is 14.7 Å². The first kappa shape index (κ1) is 20.0. The largest absolute Gasteiger partial charge is 0.497 e. The minimum atomic E-state index is -0.956. The predicted molar refractivity (Wildman–Crippen MR) is 108 cm³/mol. The Morgan fingerprint density at radius 3 is 2.61 bits per heavy atom. The molecule has 0 aliphatic carbocycles. The van der Waals surface area contributed by atoms with Crippen LogP contribution in [0.5, 0.6) is 5.75 Å². The average molecular weight is 418 g/mol. The van der Waals surface area contributed by atoms with Gasteiger partial charge in [0.15, 0.2) is 0 Å². The van der Waals surface area contributed by atoms with Crippen molar-refractivity contribution in [3.8, 4) is 5.75 Å². The van der Waals surface area contributed by atoms with E-state index in [1.54, 1.807) is 42.7 Å². The highest BCUT2D eigenvalue weighted by atomic mass is 32.1. The van der Waals surface area contributed by atoms with Crippen LogP contribution in [-0.4, -0.2) is 34.3 Å². The Morgan fingerprint density at radius 1 is 1.18 bits per heavy atom. The summed E-state index contributed by atoms with van der Waals surface area (Å²) in [5.74, 6) is -1.01. The molecule has 7 nitrogen and oxygen atoms in total. The molecule has 3 aromatic rings. The van der Waals surface area contributed by atoms with Crippen molar-refractivity contribution >= 4 is 39.7 Å². The first-order valence-electron chi connectivity index (χ1n) is 8.54. The number of carboxylic acids is 1. The standard InChI is InChI=1S/C19H19N3O4S2/c1-26-14-6-4-12(5-7-14)13(10-18(24)25)9-16(23)20-19-22-21-17(28-19)11-15-3-2-8-27-15/h2-8,13H,9-11H2,1H3,(H,24,25)(H,20,22,23). The lowest BCUT2D eigenvalue weighted by Gasteiger charge is -2.15. The summed E-state index contributed by atoms with van der Waals surface area (Å²) in [6, 6.07) is 11.1. The molecule has 3 rings (SSSR count). The molecule has 0 saturated heterocycles. The van der Waals surface area contributed by atoms with Crippen LogP contribution in [0.1, 0.15) is 34.2 Å². The molecule has 1 aromatic carbocycles. The summed E-state index contributed by atoms with van der Waals surface area (Å²) in [7, 11) is 1.56. The van der Waals surface area contributed by atoms with Crippen LogP contribution in [0.3, 0.4) is 0 Å². The SMILES string of the molecule is COc1ccc(C(CC(=O)O)CC(=O)Nc2nnc(Cc3cccs3)s2)cc1. The molecule has 9 heteroatoms. The van der Waals surface area contributed by atoms with Gasteiger partial charge in [-0.15, -0.1) is 21.5 Å². The van der Waals surface area contributed by atoms with Crippen molar-refractivity contribution in [3.05, 3.63) is 57.2 Å². The second-order valence-corrected chi connectivity index (χ2v) is 8.17. The number of carbonyl (C=O) groups excluding carboxylic acids is 1. The Labute approximate surface area is 170 Å². The fourth-order valence-corrected chi connectivity index (χ4v) is 4.31. The molecule has 0 saturated carbocycles. The second kappa shape index (κ2) is 9.43. The van der Waals surface area contributed by atoms with E-state index in [2.05, 4.69) is 15.5 Å². The lowest BCUT2D eigenvalue weighted by Crippen LogP contribution is -2.17. The van der Waals surface area contributed by atoms with Gasteiger partial charge in [0.2, 0.25) is 11.0 Å². The number of benzene rings is 1. The van der Waals surface area contributed by atoms with E-state index in [4.69, 9.17) is 4.74 Å². The molecule has 28 heavy (non-hydrogen) atoms. The number of rotatable bonds is 9. The summed E-state index contributed by atoms with van der Waals surface area (Å²) in [5, 5.41) is 23.3. The van der Waals surface area contributed by atoms with Crippen LogP contribution < -0.4 is 10.1 Å². The van der Waals surface area contributed by atoms with Crippen molar-refractivity contribution < 1.29 is 19.4 Å². The molecule has 1 amide bonds. The Balaban J connectivity index is 1.63. The number of amides is 1. The number of ether oxygens (including phenoxy) is 1. The highest BCUT2D eigenvalue weighted by molar-refractivity contribution is 7.15.